The monoisotopic (exact) mass is 356 g/mol. The van der Waals surface area contributed by atoms with Gasteiger partial charge >= 0.3 is 0 Å². The average Bonchev–Trinajstić information content (AvgIpc) is 2.56. The van der Waals surface area contributed by atoms with Gasteiger partial charge < -0.3 is 55.1 Å². The first-order chi connectivity index (χ1) is 11.2. The fraction of sp³-hybridized carbons (Fsp3) is 1.00. The fourth-order valence-electron chi connectivity index (χ4n) is 2.82. The second kappa shape index (κ2) is 7.43. The Balaban J connectivity index is 2.20. The van der Waals surface area contributed by atoms with Crippen molar-refractivity contribution < 1.29 is 55.1 Å². The summed E-state index contributed by atoms with van der Waals surface area (Å²) in [5.41, 5.74) is 0. The Morgan fingerprint density at radius 3 is 2.08 bits per heavy atom. The first kappa shape index (κ1) is 19.9. The van der Waals surface area contributed by atoms with Crippen LogP contribution >= 0.6 is 0 Å². The summed E-state index contributed by atoms with van der Waals surface area (Å²) < 4.78 is 15.4. The van der Waals surface area contributed by atoms with E-state index in [0.717, 1.165) is 0 Å². The minimum Gasteiger partial charge on any atom is -0.394 e. The van der Waals surface area contributed by atoms with Gasteiger partial charge in [-0.05, 0) is 6.92 Å². The van der Waals surface area contributed by atoms with Crippen molar-refractivity contribution in [1.82, 2.24) is 0 Å². The van der Waals surface area contributed by atoms with Crippen molar-refractivity contribution in [2.75, 3.05) is 13.2 Å². The predicted molar refractivity (Wildman–Crippen MR) is 73.2 cm³/mol. The highest BCUT2D eigenvalue weighted by Gasteiger charge is 2.55. The van der Waals surface area contributed by atoms with E-state index in [2.05, 4.69) is 0 Å². The molecule has 8 N–H and O–H groups in total. The van der Waals surface area contributed by atoms with Crippen LogP contribution in [0.2, 0.25) is 0 Å². The van der Waals surface area contributed by atoms with Crippen molar-refractivity contribution in [2.24, 2.45) is 0 Å². The van der Waals surface area contributed by atoms with Gasteiger partial charge in [-0.3, -0.25) is 0 Å². The Morgan fingerprint density at radius 1 is 0.917 bits per heavy atom. The maximum atomic E-state index is 10.3. The highest BCUT2D eigenvalue weighted by atomic mass is 16.7. The van der Waals surface area contributed by atoms with Crippen molar-refractivity contribution in [3.63, 3.8) is 0 Å². The predicted octanol–water partition coefficient (Wildman–Crippen LogP) is -5.01. The minimum atomic E-state index is -2.41. The maximum Gasteiger partial charge on any atom is 0.219 e. The molecule has 24 heavy (non-hydrogen) atoms. The van der Waals surface area contributed by atoms with E-state index < -0.39 is 74.1 Å². The molecule has 11 heteroatoms. The van der Waals surface area contributed by atoms with Crippen LogP contribution in [0.4, 0.5) is 0 Å². The van der Waals surface area contributed by atoms with Crippen molar-refractivity contribution in [3.8, 4) is 0 Å². The van der Waals surface area contributed by atoms with E-state index in [1.54, 1.807) is 0 Å². The summed E-state index contributed by atoms with van der Waals surface area (Å²) in [5.74, 6) is -2.41. The van der Waals surface area contributed by atoms with Gasteiger partial charge in [0, 0.05) is 0 Å². The highest BCUT2D eigenvalue weighted by molar-refractivity contribution is 4.97. The third-order valence-corrected chi connectivity index (χ3v) is 4.33. The summed E-state index contributed by atoms with van der Waals surface area (Å²) >= 11 is 0. The summed E-state index contributed by atoms with van der Waals surface area (Å²) in [4.78, 5) is 0. The Bertz CT molecular complexity index is 421. The molecule has 0 spiro atoms. The quantitative estimate of drug-likeness (QED) is 0.241. The lowest BCUT2D eigenvalue weighted by atomic mass is 9.92. The van der Waals surface area contributed by atoms with E-state index >= 15 is 0 Å². The highest BCUT2D eigenvalue weighted by Crippen LogP contribution is 2.33. The van der Waals surface area contributed by atoms with Crippen LogP contribution in [0.15, 0.2) is 0 Å². The number of rotatable bonds is 4. The summed E-state index contributed by atoms with van der Waals surface area (Å²) in [5, 5.41) is 78.1. The number of ether oxygens (including phenoxy) is 3. The Labute approximate surface area is 137 Å². The van der Waals surface area contributed by atoms with Gasteiger partial charge in [0.2, 0.25) is 5.79 Å². The van der Waals surface area contributed by atoms with Gasteiger partial charge in [-0.15, -0.1) is 0 Å². The molecule has 0 radical (unpaired) electrons. The van der Waals surface area contributed by atoms with Crippen LogP contribution in [0.1, 0.15) is 6.92 Å². The molecule has 0 saturated carbocycles. The van der Waals surface area contributed by atoms with E-state index in [1.165, 1.54) is 6.92 Å². The molecule has 0 aromatic rings. The van der Waals surface area contributed by atoms with Crippen molar-refractivity contribution in [2.45, 2.75) is 67.8 Å². The molecule has 11 nitrogen and oxygen atoms in total. The minimum absolute atomic E-state index is 0.696. The average molecular weight is 356 g/mol. The third kappa shape index (κ3) is 3.43. The Kier molecular flexibility index (Phi) is 6.16. The van der Waals surface area contributed by atoms with Crippen molar-refractivity contribution in [1.29, 1.82) is 0 Å². The van der Waals surface area contributed by atoms with E-state index in [4.69, 9.17) is 19.3 Å². The van der Waals surface area contributed by atoms with Crippen molar-refractivity contribution in [3.05, 3.63) is 0 Å². The topological polar surface area (TPSA) is 190 Å². The van der Waals surface area contributed by atoms with E-state index in [1.807, 2.05) is 0 Å². The molecule has 2 aliphatic rings. The molecule has 10 unspecified atom stereocenters. The van der Waals surface area contributed by atoms with Gasteiger partial charge in [0.15, 0.2) is 6.29 Å². The standard InChI is InChI=1S/C13H24O11/c1-4-6(16)9(19)11(13(21,3-15)24-4)23-12-10(20)8(18)7(17)5(2-14)22-12/h4-12,14-21H,2-3H2,1H3. The van der Waals surface area contributed by atoms with Crippen LogP contribution in [0.5, 0.6) is 0 Å². The molecule has 10 atom stereocenters. The molecule has 0 aromatic heterocycles. The molecule has 2 aliphatic heterocycles. The molecule has 142 valence electrons. The smallest absolute Gasteiger partial charge is 0.219 e. The second-order valence-corrected chi connectivity index (χ2v) is 6.06. The lowest BCUT2D eigenvalue weighted by Gasteiger charge is -2.48. The molecule has 2 fully saturated rings. The molecular formula is C13H24O11. The molecule has 2 saturated heterocycles. The van der Waals surface area contributed by atoms with Gasteiger partial charge in [0.25, 0.3) is 0 Å². The Morgan fingerprint density at radius 2 is 1.54 bits per heavy atom. The van der Waals surface area contributed by atoms with Gasteiger partial charge in [-0.2, -0.15) is 0 Å². The molecule has 0 bridgehead atoms. The van der Waals surface area contributed by atoms with Gasteiger partial charge in [-0.25, -0.2) is 0 Å². The molecule has 2 rings (SSSR count). The fourth-order valence-corrected chi connectivity index (χ4v) is 2.82. The maximum absolute atomic E-state index is 10.3. The van der Waals surface area contributed by atoms with E-state index in [9.17, 15) is 35.7 Å². The first-order valence-electron chi connectivity index (χ1n) is 7.49. The van der Waals surface area contributed by atoms with Crippen LogP contribution in [-0.4, -0.2) is 115 Å². The third-order valence-electron chi connectivity index (χ3n) is 4.33. The van der Waals surface area contributed by atoms with Crippen molar-refractivity contribution >= 4 is 0 Å². The zero-order chi connectivity index (χ0) is 18.2. The lowest BCUT2D eigenvalue weighted by molar-refractivity contribution is -0.398. The number of hydrogen-bond donors (Lipinski definition) is 8. The summed E-state index contributed by atoms with van der Waals surface area (Å²) in [6.07, 6.45) is -14.0. The van der Waals surface area contributed by atoms with Crippen LogP contribution in [0.3, 0.4) is 0 Å². The molecule has 0 amide bonds. The van der Waals surface area contributed by atoms with E-state index in [-0.39, 0.29) is 0 Å². The molecule has 0 aromatic carbocycles. The van der Waals surface area contributed by atoms with Crippen LogP contribution in [0.25, 0.3) is 0 Å². The van der Waals surface area contributed by atoms with Crippen LogP contribution in [-0.2, 0) is 14.2 Å². The second-order valence-electron chi connectivity index (χ2n) is 6.06. The van der Waals surface area contributed by atoms with Gasteiger partial charge in [0.1, 0.15) is 42.7 Å². The zero-order valence-corrected chi connectivity index (χ0v) is 12.9. The SMILES string of the molecule is CC1OC(O)(CO)C(OC2OC(CO)C(O)C(O)C2O)C(O)C1O. The van der Waals surface area contributed by atoms with Crippen LogP contribution in [0, 0.1) is 0 Å². The molecule has 2 heterocycles. The molecule has 0 aliphatic carbocycles. The summed E-state index contributed by atoms with van der Waals surface area (Å²) in [7, 11) is 0. The first-order valence-corrected chi connectivity index (χ1v) is 7.49. The normalized spacial score (nSPS) is 53.1. The summed E-state index contributed by atoms with van der Waals surface area (Å²) in [6, 6.07) is 0. The Hall–Kier alpha value is -0.440. The summed E-state index contributed by atoms with van der Waals surface area (Å²) in [6.45, 7) is -0.333. The number of aliphatic hydroxyl groups excluding tert-OH is 7. The van der Waals surface area contributed by atoms with Gasteiger partial charge in [0.05, 0.1) is 19.3 Å². The van der Waals surface area contributed by atoms with Crippen LogP contribution < -0.4 is 0 Å². The largest absolute Gasteiger partial charge is 0.394 e. The van der Waals surface area contributed by atoms with E-state index in [0.29, 0.717) is 0 Å². The molecular weight excluding hydrogens is 332 g/mol. The van der Waals surface area contributed by atoms with Gasteiger partial charge in [-0.1, -0.05) is 0 Å². The lowest BCUT2D eigenvalue weighted by Crippen LogP contribution is -2.68. The number of aliphatic hydroxyl groups is 8. The zero-order valence-electron chi connectivity index (χ0n) is 12.9. The number of hydrogen-bond acceptors (Lipinski definition) is 11.